The summed E-state index contributed by atoms with van der Waals surface area (Å²) in [7, 11) is 2.83. The van der Waals surface area contributed by atoms with Crippen molar-refractivity contribution in [2.45, 2.75) is 44.6 Å². The molecular weight excluding hydrogens is 489 g/mol. The first kappa shape index (κ1) is 25.9. The number of carbonyl (C=O) groups excluding carboxylic acids is 2. The third-order valence-electron chi connectivity index (χ3n) is 6.18. The third-order valence-corrected chi connectivity index (χ3v) is 6.91. The number of aromatic nitrogens is 1. The van der Waals surface area contributed by atoms with Gasteiger partial charge in [0.05, 0.1) is 30.3 Å². The van der Waals surface area contributed by atoms with Gasteiger partial charge in [-0.1, -0.05) is 0 Å². The second-order valence-corrected chi connectivity index (χ2v) is 9.61. The van der Waals surface area contributed by atoms with Crippen molar-refractivity contribution < 1.29 is 31.9 Å². The van der Waals surface area contributed by atoms with E-state index in [1.807, 2.05) is 6.07 Å². The van der Waals surface area contributed by atoms with Crippen LogP contribution in [0.5, 0.6) is 0 Å². The summed E-state index contributed by atoms with van der Waals surface area (Å²) in [5.74, 6) is -0.625. The maximum absolute atomic E-state index is 13.5. The maximum Gasteiger partial charge on any atom is 0.305 e. The van der Waals surface area contributed by atoms with E-state index in [-0.39, 0.29) is 48.8 Å². The topological polar surface area (TPSA) is 125 Å². The van der Waals surface area contributed by atoms with Crippen LogP contribution in [0.4, 0.5) is 4.39 Å². The molecule has 192 valence electrons. The Bertz CT molecular complexity index is 1290. The molecule has 0 bridgehead atoms. The standard InChI is InChI=1S/C25H28FN3O6S/c1-27-24(31)22-19-13-18(15-6-7-15)20(14-29(36(32)33)12-4-3-5-21(30)34-2)28-25(19)35-23(22)16-8-10-17(26)11-9-16/h8-11,13,15H,3-7,12,14H2,1-2H3,(H,27,31)(H,32,33)/p-1. The molecule has 0 radical (unpaired) electrons. The molecule has 11 heteroatoms. The maximum atomic E-state index is 13.5. The van der Waals surface area contributed by atoms with Crippen LogP contribution in [-0.4, -0.2) is 50.6 Å². The van der Waals surface area contributed by atoms with Crippen LogP contribution in [0.15, 0.2) is 34.7 Å². The number of methoxy groups -OCH3 is 1. The quantitative estimate of drug-likeness (QED) is 0.233. The normalized spacial score (nSPS) is 14.2. The predicted octanol–water partition coefficient (Wildman–Crippen LogP) is 3.81. The van der Waals surface area contributed by atoms with Gasteiger partial charge in [0, 0.05) is 36.8 Å². The van der Waals surface area contributed by atoms with Crippen LogP contribution in [0.1, 0.15) is 59.6 Å². The fourth-order valence-corrected chi connectivity index (χ4v) is 4.64. The molecule has 0 saturated heterocycles. The zero-order chi connectivity index (χ0) is 25.8. The number of pyridine rings is 1. The number of benzene rings is 1. The van der Waals surface area contributed by atoms with Gasteiger partial charge >= 0.3 is 5.97 Å². The van der Waals surface area contributed by atoms with Crippen LogP contribution in [0.2, 0.25) is 0 Å². The Morgan fingerprint density at radius 2 is 2.00 bits per heavy atom. The van der Waals surface area contributed by atoms with Gasteiger partial charge in [-0.2, -0.15) is 0 Å². The van der Waals surface area contributed by atoms with Gasteiger partial charge in [-0.3, -0.25) is 13.8 Å². The average molecular weight is 517 g/mol. The average Bonchev–Trinajstić information content (AvgIpc) is 3.65. The zero-order valence-electron chi connectivity index (χ0n) is 20.0. The molecule has 1 aliphatic carbocycles. The molecule has 2 aromatic heterocycles. The smallest absolute Gasteiger partial charge is 0.305 e. The van der Waals surface area contributed by atoms with E-state index in [0.717, 1.165) is 18.4 Å². The Hall–Kier alpha value is -3.15. The lowest BCUT2D eigenvalue weighted by atomic mass is 10.0. The summed E-state index contributed by atoms with van der Waals surface area (Å²) < 4.78 is 49.3. The highest BCUT2D eigenvalue weighted by Crippen LogP contribution is 2.44. The van der Waals surface area contributed by atoms with Crippen molar-refractivity contribution in [1.82, 2.24) is 14.6 Å². The predicted molar refractivity (Wildman–Crippen MR) is 130 cm³/mol. The van der Waals surface area contributed by atoms with Gasteiger partial charge in [0.2, 0.25) is 5.71 Å². The molecule has 4 rings (SSSR count). The van der Waals surface area contributed by atoms with Crippen molar-refractivity contribution in [3.8, 4) is 11.3 Å². The number of nitrogens with one attached hydrogen (secondary N) is 1. The monoisotopic (exact) mass is 516 g/mol. The first-order valence-electron chi connectivity index (χ1n) is 11.7. The van der Waals surface area contributed by atoms with Crippen LogP contribution in [0.3, 0.4) is 0 Å². The van der Waals surface area contributed by atoms with E-state index in [4.69, 9.17) is 4.42 Å². The van der Waals surface area contributed by atoms with Crippen molar-refractivity contribution in [2.24, 2.45) is 0 Å². The Morgan fingerprint density at radius 1 is 1.28 bits per heavy atom. The minimum atomic E-state index is -2.50. The number of furan rings is 1. The lowest BCUT2D eigenvalue weighted by Crippen LogP contribution is -2.27. The molecule has 1 saturated carbocycles. The highest BCUT2D eigenvalue weighted by molar-refractivity contribution is 7.76. The molecule has 1 amide bonds. The zero-order valence-corrected chi connectivity index (χ0v) is 20.9. The highest BCUT2D eigenvalue weighted by Gasteiger charge is 2.31. The fourth-order valence-electron chi connectivity index (χ4n) is 4.14. The van der Waals surface area contributed by atoms with Crippen LogP contribution < -0.4 is 5.32 Å². The van der Waals surface area contributed by atoms with E-state index in [1.165, 1.54) is 42.7 Å². The first-order chi connectivity index (χ1) is 17.3. The molecule has 1 aliphatic rings. The Morgan fingerprint density at radius 3 is 2.61 bits per heavy atom. The van der Waals surface area contributed by atoms with Gasteiger partial charge in [0.1, 0.15) is 11.6 Å². The van der Waals surface area contributed by atoms with Gasteiger partial charge in [-0.05, 0) is 67.5 Å². The molecule has 1 aromatic carbocycles. The Kier molecular flexibility index (Phi) is 8.12. The number of carbonyl (C=O) groups is 2. The summed E-state index contributed by atoms with van der Waals surface area (Å²) in [5.41, 5.74) is 2.46. The highest BCUT2D eigenvalue weighted by atomic mass is 32.2. The molecule has 2 heterocycles. The number of amides is 1. The number of unbranched alkanes of at least 4 members (excludes halogenated alkanes) is 1. The molecule has 1 unspecified atom stereocenters. The van der Waals surface area contributed by atoms with Crippen LogP contribution in [-0.2, 0) is 27.3 Å². The lowest BCUT2D eigenvalue weighted by Gasteiger charge is -2.24. The first-order valence-corrected chi connectivity index (χ1v) is 12.7. The van der Waals surface area contributed by atoms with Crippen LogP contribution >= 0.6 is 0 Å². The van der Waals surface area contributed by atoms with Gasteiger partial charge in [0.15, 0.2) is 0 Å². The lowest BCUT2D eigenvalue weighted by molar-refractivity contribution is -0.140. The van der Waals surface area contributed by atoms with Crippen molar-refractivity contribution in [2.75, 3.05) is 20.7 Å². The number of rotatable bonds is 11. The van der Waals surface area contributed by atoms with Crippen molar-refractivity contribution in [1.29, 1.82) is 0 Å². The molecular formula is C25H27FN3O6S-. The molecule has 0 spiro atoms. The van der Waals surface area contributed by atoms with E-state index in [2.05, 4.69) is 15.0 Å². The van der Waals surface area contributed by atoms with Crippen LogP contribution in [0, 0.1) is 5.82 Å². The van der Waals surface area contributed by atoms with Crippen molar-refractivity contribution in [3.05, 3.63) is 53.0 Å². The number of fused-ring (bicyclic) bond motifs is 1. The molecule has 3 aromatic rings. The summed E-state index contributed by atoms with van der Waals surface area (Å²) in [6.07, 6.45) is 3.08. The number of halogens is 1. The van der Waals surface area contributed by atoms with E-state index in [0.29, 0.717) is 35.0 Å². The Balaban J connectivity index is 1.70. The minimum absolute atomic E-state index is 0.0397. The van der Waals surface area contributed by atoms with Crippen molar-refractivity contribution >= 4 is 34.2 Å². The summed E-state index contributed by atoms with van der Waals surface area (Å²) >= 11 is -2.50. The van der Waals surface area contributed by atoms with Gasteiger partial charge in [-0.15, -0.1) is 0 Å². The third kappa shape index (κ3) is 5.80. The van der Waals surface area contributed by atoms with Gasteiger partial charge in [0.25, 0.3) is 5.91 Å². The molecule has 1 atom stereocenters. The Labute approximate surface area is 210 Å². The van der Waals surface area contributed by atoms with Crippen LogP contribution in [0.25, 0.3) is 22.4 Å². The number of nitrogens with zero attached hydrogens (tertiary/aromatic N) is 2. The summed E-state index contributed by atoms with van der Waals surface area (Å²) in [5, 5.41) is 3.15. The fraction of sp³-hybridized carbons (Fsp3) is 0.400. The summed E-state index contributed by atoms with van der Waals surface area (Å²) in [6, 6.07) is 7.48. The number of ether oxygens (including phenoxy) is 1. The largest absolute Gasteiger partial charge is 0.760 e. The minimum Gasteiger partial charge on any atom is -0.760 e. The van der Waals surface area contributed by atoms with Gasteiger partial charge < -0.3 is 19.0 Å². The van der Waals surface area contributed by atoms with E-state index in [1.54, 1.807) is 0 Å². The number of hydrogen-bond donors (Lipinski definition) is 1. The molecule has 9 nitrogen and oxygen atoms in total. The SMILES string of the molecule is CNC(=O)c1c(-c2ccc(F)cc2)oc2nc(CN(CCCCC(=O)OC)S(=O)[O-])c(C3CC3)cc12. The van der Waals surface area contributed by atoms with E-state index < -0.39 is 17.1 Å². The second kappa shape index (κ2) is 11.3. The number of esters is 1. The summed E-state index contributed by atoms with van der Waals surface area (Å²) in [6.45, 7) is 0.261. The molecule has 36 heavy (non-hydrogen) atoms. The number of hydrogen-bond acceptors (Lipinski definition) is 7. The van der Waals surface area contributed by atoms with E-state index in [9.17, 15) is 22.7 Å². The summed E-state index contributed by atoms with van der Waals surface area (Å²) in [4.78, 5) is 28.8. The van der Waals surface area contributed by atoms with Gasteiger partial charge in [-0.25, -0.2) is 13.7 Å². The van der Waals surface area contributed by atoms with Crippen molar-refractivity contribution in [3.63, 3.8) is 0 Å². The molecule has 0 aliphatic heterocycles. The van der Waals surface area contributed by atoms with E-state index >= 15 is 0 Å². The molecule has 1 N–H and O–H groups in total. The molecule has 1 fully saturated rings. The second-order valence-electron chi connectivity index (χ2n) is 8.66.